The van der Waals surface area contributed by atoms with Crippen LogP contribution in [0.15, 0.2) is 82.5 Å². The van der Waals surface area contributed by atoms with Gasteiger partial charge in [0.05, 0.1) is 0 Å². The van der Waals surface area contributed by atoms with E-state index in [1.807, 2.05) is 60.7 Å². The molecule has 1 aliphatic heterocycles. The molecule has 1 saturated heterocycles. The number of rotatable bonds is 6. The number of amides is 1. The van der Waals surface area contributed by atoms with Crippen LogP contribution < -0.4 is 0 Å². The van der Waals surface area contributed by atoms with E-state index in [0.717, 1.165) is 10.5 Å². The molecule has 7 heteroatoms. The van der Waals surface area contributed by atoms with E-state index < -0.39 is 10.0 Å². The molecule has 0 bridgehead atoms. The molecule has 0 atom stereocenters. The minimum absolute atomic E-state index is 0.0969. The standard InChI is InChI=1S/C21H22N2O3S2/c24-21(11-17-27-20-9-5-2-6-10-20)22-13-15-23(16-14-22)28(25,26)18-12-19-7-3-1-4-8-19/h1-12,17-18H,13-16H2/b17-11+,18-12+. The number of piperazine rings is 1. The molecule has 0 aromatic heterocycles. The van der Waals surface area contributed by atoms with Gasteiger partial charge in [-0.2, -0.15) is 4.31 Å². The molecule has 0 spiro atoms. The molecule has 1 aliphatic rings. The van der Waals surface area contributed by atoms with Gasteiger partial charge in [-0.25, -0.2) is 8.42 Å². The summed E-state index contributed by atoms with van der Waals surface area (Å²) >= 11 is 1.48. The van der Waals surface area contributed by atoms with Gasteiger partial charge in [-0.1, -0.05) is 60.3 Å². The number of carbonyl (C=O) groups excluding carboxylic acids is 1. The fourth-order valence-electron chi connectivity index (χ4n) is 2.75. The van der Waals surface area contributed by atoms with Gasteiger partial charge in [0.1, 0.15) is 0 Å². The van der Waals surface area contributed by atoms with E-state index in [1.54, 1.807) is 16.4 Å². The van der Waals surface area contributed by atoms with Crippen LogP contribution in [0.25, 0.3) is 6.08 Å². The Hall–Kier alpha value is -2.35. The van der Waals surface area contributed by atoms with Crippen molar-refractivity contribution in [1.29, 1.82) is 0 Å². The zero-order valence-corrected chi connectivity index (χ0v) is 17.0. The minimum atomic E-state index is -3.49. The highest BCUT2D eigenvalue weighted by molar-refractivity contribution is 8.02. The molecule has 5 nitrogen and oxygen atoms in total. The van der Waals surface area contributed by atoms with Gasteiger partial charge in [-0.05, 0) is 29.2 Å². The lowest BCUT2D eigenvalue weighted by molar-refractivity contribution is -0.127. The molecule has 1 amide bonds. The average Bonchev–Trinajstić information content (AvgIpc) is 2.74. The van der Waals surface area contributed by atoms with Crippen LogP contribution >= 0.6 is 11.8 Å². The lowest BCUT2D eigenvalue weighted by Gasteiger charge is -2.32. The van der Waals surface area contributed by atoms with Crippen LogP contribution in [0.4, 0.5) is 0 Å². The van der Waals surface area contributed by atoms with E-state index in [2.05, 4.69) is 0 Å². The van der Waals surface area contributed by atoms with Crippen LogP contribution in [0, 0.1) is 0 Å². The number of carbonyl (C=O) groups is 1. The van der Waals surface area contributed by atoms with Crippen LogP contribution in [-0.2, 0) is 14.8 Å². The summed E-state index contributed by atoms with van der Waals surface area (Å²) in [6.07, 6.45) is 3.13. The molecule has 146 valence electrons. The largest absolute Gasteiger partial charge is 0.336 e. The fourth-order valence-corrected chi connectivity index (χ4v) is 4.58. The smallest absolute Gasteiger partial charge is 0.247 e. The van der Waals surface area contributed by atoms with Crippen LogP contribution in [0.3, 0.4) is 0 Å². The first-order valence-corrected chi connectivity index (χ1v) is 11.3. The van der Waals surface area contributed by atoms with E-state index in [1.165, 1.54) is 27.6 Å². The molecule has 0 N–H and O–H groups in total. The van der Waals surface area contributed by atoms with Crippen molar-refractivity contribution in [3.63, 3.8) is 0 Å². The summed E-state index contributed by atoms with van der Waals surface area (Å²) in [4.78, 5) is 15.0. The zero-order valence-electron chi connectivity index (χ0n) is 15.3. The molecule has 0 unspecified atom stereocenters. The maximum atomic E-state index is 12.5. The molecule has 28 heavy (non-hydrogen) atoms. The molecule has 1 fully saturated rings. The first-order valence-electron chi connectivity index (χ1n) is 8.95. The number of nitrogens with zero attached hydrogens (tertiary/aromatic N) is 2. The molecule has 2 aromatic carbocycles. The predicted molar refractivity (Wildman–Crippen MR) is 114 cm³/mol. The SMILES string of the molecule is O=C(/C=C/Sc1ccccc1)N1CCN(S(=O)(=O)/C=C/c2ccccc2)CC1. The monoisotopic (exact) mass is 414 g/mol. The van der Waals surface area contributed by atoms with Crippen molar-refractivity contribution < 1.29 is 13.2 Å². The van der Waals surface area contributed by atoms with Crippen molar-refractivity contribution in [2.45, 2.75) is 4.90 Å². The molecule has 3 rings (SSSR count). The number of benzene rings is 2. The van der Waals surface area contributed by atoms with Crippen LogP contribution in [-0.4, -0.2) is 49.7 Å². The predicted octanol–water partition coefficient (Wildman–Crippen LogP) is 3.44. The second kappa shape index (κ2) is 9.73. The van der Waals surface area contributed by atoms with Gasteiger partial charge in [-0.3, -0.25) is 4.79 Å². The van der Waals surface area contributed by atoms with E-state index in [4.69, 9.17) is 0 Å². The Kier molecular flexibility index (Phi) is 7.08. The van der Waals surface area contributed by atoms with E-state index in [-0.39, 0.29) is 5.91 Å². The Balaban J connectivity index is 1.50. The van der Waals surface area contributed by atoms with Crippen LogP contribution in [0.1, 0.15) is 5.56 Å². The summed E-state index contributed by atoms with van der Waals surface area (Å²) in [6.45, 7) is 1.37. The number of thioether (sulfide) groups is 1. The molecule has 0 saturated carbocycles. The Bertz CT molecular complexity index is 934. The third-order valence-corrected chi connectivity index (χ3v) is 6.68. The van der Waals surface area contributed by atoms with Gasteiger partial charge in [0.2, 0.25) is 15.9 Å². The van der Waals surface area contributed by atoms with E-state index in [0.29, 0.717) is 26.2 Å². The Labute approximate surface area is 170 Å². The second-order valence-corrected chi connectivity index (χ2v) is 9.01. The highest BCUT2D eigenvalue weighted by Crippen LogP contribution is 2.18. The number of sulfonamides is 1. The molecular formula is C21H22N2O3S2. The summed E-state index contributed by atoms with van der Waals surface area (Å²) in [5.74, 6) is -0.0969. The number of hydrogen-bond acceptors (Lipinski definition) is 4. The average molecular weight is 415 g/mol. The molecule has 0 radical (unpaired) electrons. The summed E-state index contributed by atoms with van der Waals surface area (Å²) < 4.78 is 26.4. The fraction of sp³-hybridized carbons (Fsp3) is 0.190. The van der Waals surface area contributed by atoms with Crippen molar-refractivity contribution in [3.05, 3.63) is 83.1 Å². The Morgan fingerprint density at radius 3 is 2.14 bits per heavy atom. The van der Waals surface area contributed by atoms with Crippen molar-refractivity contribution in [3.8, 4) is 0 Å². The van der Waals surface area contributed by atoms with Gasteiger partial charge in [0.15, 0.2) is 0 Å². The normalized spacial score (nSPS) is 16.1. The van der Waals surface area contributed by atoms with Crippen molar-refractivity contribution in [2.75, 3.05) is 26.2 Å². The van der Waals surface area contributed by atoms with Gasteiger partial charge in [0, 0.05) is 42.6 Å². The maximum Gasteiger partial charge on any atom is 0.247 e. The Morgan fingerprint density at radius 2 is 1.50 bits per heavy atom. The third kappa shape index (κ3) is 5.82. The van der Waals surface area contributed by atoms with Gasteiger partial charge < -0.3 is 4.90 Å². The maximum absolute atomic E-state index is 12.5. The summed E-state index contributed by atoms with van der Waals surface area (Å²) in [5, 5.41) is 3.00. The lowest BCUT2D eigenvalue weighted by Crippen LogP contribution is -2.49. The third-order valence-electron chi connectivity index (χ3n) is 4.30. The van der Waals surface area contributed by atoms with Gasteiger partial charge in [0.25, 0.3) is 0 Å². The zero-order chi connectivity index (χ0) is 19.8. The molecule has 1 heterocycles. The second-order valence-electron chi connectivity index (χ2n) is 6.22. The summed E-state index contributed by atoms with van der Waals surface area (Å²) in [5.41, 5.74) is 0.834. The van der Waals surface area contributed by atoms with Crippen molar-refractivity contribution >= 4 is 33.8 Å². The van der Waals surface area contributed by atoms with Crippen molar-refractivity contribution in [2.24, 2.45) is 0 Å². The molecule has 2 aromatic rings. The van der Waals surface area contributed by atoms with Crippen molar-refractivity contribution in [1.82, 2.24) is 9.21 Å². The van der Waals surface area contributed by atoms with E-state index >= 15 is 0 Å². The molecule has 0 aliphatic carbocycles. The number of hydrogen-bond donors (Lipinski definition) is 0. The minimum Gasteiger partial charge on any atom is -0.336 e. The van der Waals surface area contributed by atoms with Gasteiger partial charge in [-0.15, -0.1) is 0 Å². The summed E-state index contributed by atoms with van der Waals surface area (Å²) in [6, 6.07) is 19.1. The first-order chi connectivity index (χ1) is 13.5. The van der Waals surface area contributed by atoms with Crippen LogP contribution in [0.2, 0.25) is 0 Å². The molecular weight excluding hydrogens is 392 g/mol. The topological polar surface area (TPSA) is 57.7 Å². The lowest BCUT2D eigenvalue weighted by atomic mass is 10.2. The van der Waals surface area contributed by atoms with E-state index in [9.17, 15) is 13.2 Å². The highest BCUT2D eigenvalue weighted by atomic mass is 32.2. The summed E-state index contributed by atoms with van der Waals surface area (Å²) in [7, 11) is -3.49. The van der Waals surface area contributed by atoms with Crippen LogP contribution in [0.5, 0.6) is 0 Å². The quantitative estimate of drug-likeness (QED) is 0.537. The first kappa shape index (κ1) is 20.4. The Morgan fingerprint density at radius 1 is 0.893 bits per heavy atom. The van der Waals surface area contributed by atoms with Gasteiger partial charge >= 0.3 is 0 Å². The highest BCUT2D eigenvalue weighted by Gasteiger charge is 2.26.